The number of nitrogens with zero attached hydrogens (tertiary/aromatic N) is 3. The highest BCUT2D eigenvalue weighted by molar-refractivity contribution is 5.42. The first-order valence-corrected chi connectivity index (χ1v) is 7.84. The fourth-order valence-corrected chi connectivity index (χ4v) is 2.34. The van der Waals surface area contributed by atoms with E-state index in [9.17, 15) is 0 Å². The quantitative estimate of drug-likeness (QED) is 0.796. The minimum Gasteiger partial charge on any atom is -0.375 e. The number of hydrogen-bond acceptors (Lipinski definition) is 4. The molecule has 0 aromatic carbocycles. The third-order valence-electron chi connectivity index (χ3n) is 3.72. The first kappa shape index (κ1) is 16.2. The highest BCUT2D eigenvalue weighted by atomic mass is 16.5. The van der Waals surface area contributed by atoms with Crippen molar-refractivity contribution < 1.29 is 4.74 Å². The molecule has 0 radical (unpaired) electrons. The molecule has 118 valence electrons. The van der Waals surface area contributed by atoms with Crippen LogP contribution in [0.2, 0.25) is 0 Å². The average Bonchev–Trinajstić information content (AvgIpc) is 2.36. The van der Waals surface area contributed by atoms with Crippen LogP contribution in [0.15, 0.2) is 6.07 Å². The topological polar surface area (TPSA) is 38.2 Å². The molecule has 0 aliphatic carbocycles. The molecule has 1 atom stereocenters. The van der Waals surface area contributed by atoms with Gasteiger partial charge in [0.15, 0.2) is 0 Å². The van der Waals surface area contributed by atoms with Gasteiger partial charge in [-0.2, -0.15) is 0 Å². The minimum absolute atomic E-state index is 0.0234. The normalized spacial score (nSPS) is 20.7. The van der Waals surface area contributed by atoms with Crippen LogP contribution >= 0.6 is 0 Å². The molecule has 1 aliphatic rings. The van der Waals surface area contributed by atoms with Crippen LogP contribution in [0.25, 0.3) is 0 Å². The summed E-state index contributed by atoms with van der Waals surface area (Å²) in [7, 11) is 0. The summed E-state index contributed by atoms with van der Waals surface area (Å²) in [4.78, 5) is 12.0. The van der Waals surface area contributed by atoms with E-state index in [0.717, 1.165) is 37.0 Å². The van der Waals surface area contributed by atoms with Crippen molar-refractivity contribution >= 4 is 5.82 Å². The molecule has 2 heterocycles. The van der Waals surface area contributed by atoms with Gasteiger partial charge in [-0.05, 0) is 6.92 Å². The summed E-state index contributed by atoms with van der Waals surface area (Å²) in [6.45, 7) is 17.8. The molecule has 1 fully saturated rings. The second-order valence-corrected chi connectivity index (χ2v) is 8.06. The summed E-state index contributed by atoms with van der Waals surface area (Å²) in [5, 5.41) is 0. The molecule has 1 unspecified atom stereocenters. The molecule has 0 amide bonds. The summed E-state index contributed by atoms with van der Waals surface area (Å²) >= 11 is 0. The second kappa shape index (κ2) is 5.56. The molecule has 0 bridgehead atoms. The molecular weight excluding hydrogens is 262 g/mol. The summed E-state index contributed by atoms with van der Waals surface area (Å²) < 4.78 is 5.64. The Kier molecular flexibility index (Phi) is 4.29. The predicted molar refractivity (Wildman–Crippen MR) is 87.1 cm³/mol. The second-order valence-electron chi connectivity index (χ2n) is 8.06. The van der Waals surface area contributed by atoms with Gasteiger partial charge < -0.3 is 9.64 Å². The van der Waals surface area contributed by atoms with Gasteiger partial charge in [0.25, 0.3) is 0 Å². The highest BCUT2D eigenvalue weighted by Crippen LogP contribution is 2.28. The summed E-state index contributed by atoms with van der Waals surface area (Å²) in [6.07, 6.45) is 0.255. The maximum absolute atomic E-state index is 5.64. The Morgan fingerprint density at radius 1 is 1.10 bits per heavy atom. The third kappa shape index (κ3) is 3.94. The molecule has 0 spiro atoms. The fourth-order valence-electron chi connectivity index (χ4n) is 2.34. The molecule has 2 rings (SSSR count). The Balaban J connectivity index is 2.45. The van der Waals surface area contributed by atoms with E-state index in [1.807, 2.05) is 0 Å². The maximum atomic E-state index is 5.64. The first-order chi connectivity index (χ1) is 9.57. The molecule has 1 aromatic heterocycles. The van der Waals surface area contributed by atoms with E-state index in [4.69, 9.17) is 14.7 Å². The van der Waals surface area contributed by atoms with Crippen molar-refractivity contribution in [2.24, 2.45) is 0 Å². The number of rotatable bonds is 1. The number of aromatic nitrogens is 2. The maximum Gasteiger partial charge on any atom is 0.136 e. The number of ether oxygens (including phenoxy) is 1. The van der Waals surface area contributed by atoms with Crippen LogP contribution in [0, 0.1) is 0 Å². The molecule has 21 heavy (non-hydrogen) atoms. The molecule has 4 heteroatoms. The van der Waals surface area contributed by atoms with Gasteiger partial charge in [0.2, 0.25) is 0 Å². The Morgan fingerprint density at radius 3 is 2.29 bits per heavy atom. The molecular formula is C17H29N3O. The largest absolute Gasteiger partial charge is 0.375 e. The van der Waals surface area contributed by atoms with Gasteiger partial charge in [0, 0.05) is 30.0 Å². The van der Waals surface area contributed by atoms with Crippen molar-refractivity contribution in [2.75, 3.05) is 24.6 Å². The van der Waals surface area contributed by atoms with Gasteiger partial charge in [-0.15, -0.1) is 0 Å². The Hall–Kier alpha value is -1.16. The summed E-state index contributed by atoms with van der Waals surface area (Å²) in [6, 6.07) is 2.15. The smallest absolute Gasteiger partial charge is 0.136 e. The van der Waals surface area contributed by atoms with E-state index >= 15 is 0 Å². The number of hydrogen-bond donors (Lipinski definition) is 0. The summed E-state index contributed by atoms with van der Waals surface area (Å²) in [5.41, 5.74) is 1.08. The van der Waals surface area contributed by atoms with Crippen molar-refractivity contribution in [1.29, 1.82) is 0 Å². The van der Waals surface area contributed by atoms with Crippen molar-refractivity contribution in [3.8, 4) is 0 Å². The van der Waals surface area contributed by atoms with Crippen LogP contribution in [-0.4, -0.2) is 35.8 Å². The zero-order chi connectivity index (χ0) is 15.8. The Bertz CT molecular complexity index is 467. The lowest BCUT2D eigenvalue weighted by Gasteiger charge is -2.33. The zero-order valence-electron chi connectivity index (χ0n) is 14.5. The van der Waals surface area contributed by atoms with Gasteiger partial charge >= 0.3 is 0 Å². The van der Waals surface area contributed by atoms with Crippen molar-refractivity contribution in [1.82, 2.24) is 9.97 Å². The number of morpholine rings is 1. The van der Waals surface area contributed by atoms with Crippen LogP contribution in [-0.2, 0) is 15.6 Å². The van der Waals surface area contributed by atoms with Crippen molar-refractivity contribution in [3.05, 3.63) is 17.6 Å². The van der Waals surface area contributed by atoms with Crippen LogP contribution in [0.4, 0.5) is 5.82 Å². The molecule has 0 saturated carbocycles. The van der Waals surface area contributed by atoms with Crippen LogP contribution in [0.5, 0.6) is 0 Å². The van der Waals surface area contributed by atoms with Crippen molar-refractivity contribution in [3.63, 3.8) is 0 Å². The van der Waals surface area contributed by atoms with Gasteiger partial charge in [-0.1, -0.05) is 41.5 Å². The standard InChI is InChI=1S/C17H29N3O/c1-12-11-20(8-9-21-12)14-10-13(16(2,3)4)18-15(19-14)17(5,6)7/h10,12H,8-9,11H2,1-7H3. The highest BCUT2D eigenvalue weighted by Gasteiger charge is 2.26. The molecule has 0 N–H and O–H groups in total. The van der Waals surface area contributed by atoms with Gasteiger partial charge in [0.1, 0.15) is 11.6 Å². The molecule has 1 saturated heterocycles. The SMILES string of the molecule is CC1CN(c2cc(C(C)(C)C)nc(C(C)(C)C)n2)CCO1. The lowest BCUT2D eigenvalue weighted by Crippen LogP contribution is -2.42. The van der Waals surface area contributed by atoms with Crippen LogP contribution < -0.4 is 4.90 Å². The van der Waals surface area contributed by atoms with Crippen LogP contribution in [0.1, 0.15) is 60.0 Å². The monoisotopic (exact) mass is 291 g/mol. The van der Waals surface area contributed by atoms with Crippen LogP contribution in [0.3, 0.4) is 0 Å². The number of anilines is 1. The average molecular weight is 291 g/mol. The lowest BCUT2D eigenvalue weighted by molar-refractivity contribution is 0.0529. The third-order valence-corrected chi connectivity index (χ3v) is 3.72. The van der Waals surface area contributed by atoms with E-state index in [1.54, 1.807) is 0 Å². The zero-order valence-corrected chi connectivity index (χ0v) is 14.5. The van der Waals surface area contributed by atoms with E-state index in [-0.39, 0.29) is 16.9 Å². The van der Waals surface area contributed by atoms with Gasteiger partial charge in [-0.25, -0.2) is 9.97 Å². The van der Waals surface area contributed by atoms with Crippen molar-refractivity contribution in [2.45, 2.75) is 65.4 Å². The van der Waals surface area contributed by atoms with Gasteiger partial charge in [-0.3, -0.25) is 0 Å². The summed E-state index contributed by atoms with van der Waals surface area (Å²) in [5.74, 6) is 1.96. The first-order valence-electron chi connectivity index (χ1n) is 7.84. The predicted octanol–water partition coefficient (Wildman–Crippen LogP) is 3.30. The lowest BCUT2D eigenvalue weighted by atomic mass is 9.90. The van der Waals surface area contributed by atoms with Gasteiger partial charge in [0.05, 0.1) is 18.4 Å². The molecule has 4 nitrogen and oxygen atoms in total. The van der Waals surface area contributed by atoms with E-state index in [2.05, 4.69) is 59.4 Å². The Morgan fingerprint density at radius 2 is 1.76 bits per heavy atom. The molecule has 1 aromatic rings. The Labute approximate surface area is 128 Å². The fraction of sp³-hybridized carbons (Fsp3) is 0.765. The minimum atomic E-state index is -0.0477. The van der Waals surface area contributed by atoms with E-state index < -0.39 is 0 Å². The van der Waals surface area contributed by atoms with E-state index in [1.165, 1.54) is 0 Å². The van der Waals surface area contributed by atoms with E-state index in [0.29, 0.717) is 0 Å². The molecule has 1 aliphatic heterocycles.